The van der Waals surface area contributed by atoms with Crippen molar-refractivity contribution < 1.29 is 14.0 Å². The van der Waals surface area contributed by atoms with Crippen molar-refractivity contribution in [2.75, 3.05) is 38.1 Å². The highest BCUT2D eigenvalue weighted by molar-refractivity contribution is 6.00. The van der Waals surface area contributed by atoms with Crippen LogP contribution in [-0.4, -0.2) is 56.0 Å². The second kappa shape index (κ2) is 10.2. The van der Waals surface area contributed by atoms with Gasteiger partial charge in [-0.1, -0.05) is 25.3 Å². The fourth-order valence-electron chi connectivity index (χ4n) is 4.19. The van der Waals surface area contributed by atoms with Crippen LogP contribution >= 0.6 is 0 Å². The van der Waals surface area contributed by atoms with Crippen molar-refractivity contribution in [3.05, 3.63) is 29.6 Å². The van der Waals surface area contributed by atoms with E-state index in [1.807, 2.05) is 4.90 Å². The zero-order chi connectivity index (χ0) is 20.8. The Morgan fingerprint density at radius 1 is 1.03 bits per heavy atom. The summed E-state index contributed by atoms with van der Waals surface area (Å²) >= 11 is 0. The fourth-order valence-corrected chi connectivity index (χ4v) is 4.19. The zero-order valence-corrected chi connectivity index (χ0v) is 17.3. The summed E-state index contributed by atoms with van der Waals surface area (Å²) in [6, 6.07) is 5.53. The Balaban J connectivity index is 0.000000290. The maximum Gasteiger partial charge on any atom is 0.234 e. The Morgan fingerprint density at radius 2 is 1.72 bits per heavy atom. The van der Waals surface area contributed by atoms with Crippen molar-refractivity contribution in [2.24, 2.45) is 5.73 Å². The first kappa shape index (κ1) is 21.7. The number of hydrogen-bond donors (Lipinski definition) is 2. The lowest BCUT2D eigenvalue weighted by atomic mass is 9.90. The second-order valence-electron chi connectivity index (χ2n) is 8.40. The van der Waals surface area contributed by atoms with Gasteiger partial charge in [0.25, 0.3) is 0 Å². The van der Waals surface area contributed by atoms with Gasteiger partial charge in [0, 0.05) is 38.6 Å². The first-order valence-electron chi connectivity index (χ1n) is 10.8. The van der Waals surface area contributed by atoms with E-state index in [9.17, 15) is 14.0 Å². The van der Waals surface area contributed by atoms with Gasteiger partial charge in [-0.25, -0.2) is 4.39 Å². The monoisotopic (exact) mass is 404 g/mol. The SMILES string of the molecule is CN1CCN(c2ccc(C3CCC(=O)NC3=O)cc2F)CC1.NC1CCCCC1. The normalized spacial score (nSPS) is 24.0. The molecule has 3 N–H and O–H groups in total. The smallest absolute Gasteiger partial charge is 0.234 e. The van der Waals surface area contributed by atoms with Crippen LogP contribution in [0.3, 0.4) is 0 Å². The lowest BCUT2D eigenvalue weighted by Crippen LogP contribution is -2.44. The molecule has 1 aromatic rings. The van der Waals surface area contributed by atoms with Crippen molar-refractivity contribution in [1.82, 2.24) is 10.2 Å². The van der Waals surface area contributed by atoms with E-state index in [-0.39, 0.29) is 17.6 Å². The molecule has 3 aliphatic rings. The minimum absolute atomic E-state index is 0.254. The maximum absolute atomic E-state index is 14.4. The van der Waals surface area contributed by atoms with Gasteiger partial charge in [-0.15, -0.1) is 0 Å². The summed E-state index contributed by atoms with van der Waals surface area (Å²) in [6.07, 6.45) is 7.41. The number of rotatable bonds is 2. The molecule has 1 atom stereocenters. The number of amides is 2. The largest absolute Gasteiger partial charge is 0.367 e. The van der Waals surface area contributed by atoms with Crippen LogP contribution in [0.25, 0.3) is 0 Å². The predicted octanol–water partition coefficient (Wildman–Crippen LogP) is 2.38. The molecule has 0 radical (unpaired) electrons. The standard InChI is InChI=1S/C16H20FN3O2.C6H13N/c1-19-6-8-20(9-7-19)14-4-2-11(10-13(14)17)12-3-5-15(21)18-16(12)22;7-6-4-2-1-3-5-6/h2,4,10,12H,3,5-9H2,1H3,(H,18,21,22);6H,1-5,7H2. The summed E-state index contributed by atoms with van der Waals surface area (Å²) in [5.74, 6) is -1.32. The summed E-state index contributed by atoms with van der Waals surface area (Å²) in [7, 11) is 2.06. The molecule has 160 valence electrons. The number of imide groups is 1. The van der Waals surface area contributed by atoms with Gasteiger partial charge in [0.1, 0.15) is 5.82 Å². The molecular weight excluding hydrogens is 371 g/mol. The van der Waals surface area contributed by atoms with Gasteiger partial charge in [0.2, 0.25) is 11.8 Å². The molecule has 2 saturated heterocycles. The molecule has 2 amide bonds. The molecule has 1 aromatic carbocycles. The molecule has 4 rings (SSSR count). The first-order chi connectivity index (χ1) is 13.9. The number of nitrogens with two attached hydrogens (primary N) is 1. The number of anilines is 1. The van der Waals surface area contributed by atoms with Gasteiger partial charge < -0.3 is 15.5 Å². The molecule has 1 unspecified atom stereocenters. The number of nitrogens with zero attached hydrogens (tertiary/aromatic N) is 2. The van der Waals surface area contributed by atoms with Gasteiger partial charge in [-0.3, -0.25) is 14.9 Å². The highest BCUT2D eigenvalue weighted by Crippen LogP contribution is 2.29. The number of carbonyl (C=O) groups is 2. The third-order valence-corrected chi connectivity index (χ3v) is 6.11. The van der Waals surface area contributed by atoms with Gasteiger partial charge in [-0.05, 0) is 44.0 Å². The highest BCUT2D eigenvalue weighted by atomic mass is 19.1. The zero-order valence-electron chi connectivity index (χ0n) is 17.3. The van der Waals surface area contributed by atoms with Crippen LogP contribution in [0.4, 0.5) is 10.1 Å². The molecule has 1 aliphatic carbocycles. The number of benzene rings is 1. The number of carbonyl (C=O) groups excluding carboxylic acids is 2. The van der Waals surface area contributed by atoms with Crippen molar-refractivity contribution >= 4 is 17.5 Å². The first-order valence-corrected chi connectivity index (χ1v) is 10.8. The quantitative estimate of drug-likeness (QED) is 0.740. The lowest BCUT2D eigenvalue weighted by molar-refractivity contribution is -0.134. The van der Waals surface area contributed by atoms with Crippen LogP contribution in [0, 0.1) is 5.82 Å². The predicted molar refractivity (Wildman–Crippen MR) is 112 cm³/mol. The van der Waals surface area contributed by atoms with Crippen LogP contribution in [0.5, 0.6) is 0 Å². The van der Waals surface area contributed by atoms with E-state index in [0.29, 0.717) is 30.1 Å². The summed E-state index contributed by atoms with van der Waals surface area (Å²) in [5.41, 5.74) is 6.86. The average Bonchev–Trinajstić information content (AvgIpc) is 2.70. The van der Waals surface area contributed by atoms with Crippen molar-refractivity contribution in [3.63, 3.8) is 0 Å². The van der Waals surface area contributed by atoms with E-state index in [4.69, 9.17) is 5.73 Å². The number of likely N-dealkylation sites (N-methyl/N-ethyl adjacent to an activating group) is 1. The van der Waals surface area contributed by atoms with E-state index < -0.39 is 5.92 Å². The molecule has 3 fully saturated rings. The Hall–Kier alpha value is -1.99. The minimum atomic E-state index is -0.436. The van der Waals surface area contributed by atoms with Crippen LogP contribution in [0.15, 0.2) is 18.2 Å². The topological polar surface area (TPSA) is 78.7 Å². The molecule has 2 heterocycles. The van der Waals surface area contributed by atoms with Crippen LogP contribution in [-0.2, 0) is 9.59 Å². The van der Waals surface area contributed by atoms with Gasteiger partial charge in [-0.2, -0.15) is 0 Å². The van der Waals surface area contributed by atoms with E-state index in [1.165, 1.54) is 38.2 Å². The number of piperazine rings is 1. The van der Waals surface area contributed by atoms with E-state index in [1.54, 1.807) is 12.1 Å². The molecule has 6 nitrogen and oxygen atoms in total. The number of halogens is 1. The van der Waals surface area contributed by atoms with E-state index >= 15 is 0 Å². The molecule has 0 spiro atoms. The maximum atomic E-state index is 14.4. The Kier molecular flexibility index (Phi) is 7.61. The Morgan fingerprint density at radius 3 is 2.28 bits per heavy atom. The average molecular weight is 405 g/mol. The molecule has 29 heavy (non-hydrogen) atoms. The lowest BCUT2D eigenvalue weighted by Gasteiger charge is -2.34. The third-order valence-electron chi connectivity index (χ3n) is 6.11. The summed E-state index contributed by atoms with van der Waals surface area (Å²) in [6.45, 7) is 3.42. The molecule has 2 aliphatic heterocycles. The van der Waals surface area contributed by atoms with Gasteiger partial charge >= 0.3 is 0 Å². The van der Waals surface area contributed by atoms with Gasteiger partial charge in [0.15, 0.2) is 0 Å². The Labute approximate surface area is 172 Å². The second-order valence-corrected chi connectivity index (χ2v) is 8.40. The summed E-state index contributed by atoms with van der Waals surface area (Å²) < 4.78 is 14.4. The molecular formula is C22H33FN4O2. The number of piperidine rings is 1. The third kappa shape index (κ3) is 6.00. The van der Waals surface area contributed by atoms with Crippen molar-refractivity contribution in [3.8, 4) is 0 Å². The molecule has 7 heteroatoms. The minimum Gasteiger partial charge on any atom is -0.367 e. The molecule has 1 saturated carbocycles. The highest BCUT2D eigenvalue weighted by Gasteiger charge is 2.29. The summed E-state index contributed by atoms with van der Waals surface area (Å²) in [4.78, 5) is 27.3. The molecule has 0 bridgehead atoms. The number of hydrogen-bond acceptors (Lipinski definition) is 5. The van der Waals surface area contributed by atoms with Crippen LogP contribution in [0.1, 0.15) is 56.4 Å². The summed E-state index contributed by atoms with van der Waals surface area (Å²) in [5, 5.41) is 2.31. The van der Waals surface area contributed by atoms with Crippen molar-refractivity contribution in [2.45, 2.75) is 56.9 Å². The van der Waals surface area contributed by atoms with Gasteiger partial charge in [0.05, 0.1) is 11.6 Å². The van der Waals surface area contributed by atoms with E-state index in [0.717, 1.165) is 26.2 Å². The Bertz CT molecular complexity index is 713. The molecule has 0 aromatic heterocycles. The fraction of sp³-hybridized carbons (Fsp3) is 0.636. The van der Waals surface area contributed by atoms with Crippen LogP contribution < -0.4 is 16.0 Å². The van der Waals surface area contributed by atoms with Crippen molar-refractivity contribution in [1.29, 1.82) is 0 Å². The van der Waals surface area contributed by atoms with Crippen LogP contribution in [0.2, 0.25) is 0 Å². The number of nitrogens with one attached hydrogen (secondary N) is 1. The van der Waals surface area contributed by atoms with E-state index in [2.05, 4.69) is 17.3 Å².